The molecule has 6 nitrogen and oxygen atoms in total. The molecule has 0 aliphatic rings. The highest BCUT2D eigenvalue weighted by atomic mass is 16.6. The van der Waals surface area contributed by atoms with Crippen LogP contribution in [0.25, 0.3) is 0 Å². The summed E-state index contributed by atoms with van der Waals surface area (Å²) in [6, 6.07) is 17.0. The van der Waals surface area contributed by atoms with Crippen molar-refractivity contribution in [2.24, 2.45) is 0 Å². The summed E-state index contributed by atoms with van der Waals surface area (Å²) < 4.78 is 2.16. The highest BCUT2D eigenvalue weighted by Crippen LogP contribution is 2.22. The van der Waals surface area contributed by atoms with E-state index in [-0.39, 0.29) is 11.6 Å². The van der Waals surface area contributed by atoms with E-state index in [9.17, 15) is 14.9 Å². The predicted molar refractivity (Wildman–Crippen MR) is 122 cm³/mol. The summed E-state index contributed by atoms with van der Waals surface area (Å²) in [6.45, 7) is 7.66. The molecule has 0 aliphatic carbocycles. The minimum atomic E-state index is -0.435. The molecule has 0 aliphatic heterocycles. The number of nitrogens with zero attached hydrogens (tertiary/aromatic N) is 3. The Hall–Kier alpha value is -3.41. The van der Waals surface area contributed by atoms with Crippen LogP contribution in [0.15, 0.2) is 60.8 Å². The molecule has 0 unspecified atom stereocenters. The number of nitro benzene ring substituents is 1. The van der Waals surface area contributed by atoms with Crippen molar-refractivity contribution in [1.29, 1.82) is 0 Å². The van der Waals surface area contributed by atoms with Gasteiger partial charge in [-0.15, -0.1) is 0 Å². The molecule has 0 bridgehead atoms. The van der Waals surface area contributed by atoms with E-state index in [1.54, 1.807) is 24.0 Å². The number of unbranched alkanes of at least 4 members (excludes halogenated alkanes) is 1. The van der Waals surface area contributed by atoms with Crippen LogP contribution in [0.4, 0.5) is 5.69 Å². The topological polar surface area (TPSA) is 68.4 Å². The lowest BCUT2D eigenvalue weighted by atomic mass is 10.1. The van der Waals surface area contributed by atoms with Crippen molar-refractivity contribution in [1.82, 2.24) is 9.47 Å². The van der Waals surface area contributed by atoms with Crippen LogP contribution in [-0.2, 0) is 13.1 Å². The Morgan fingerprint density at radius 3 is 2.55 bits per heavy atom. The SMILES string of the molecule is CCCCN(Cc1cccn1Cc1ccccc1C)C(=O)c1ccc(C)c([N+](=O)[O-])c1. The van der Waals surface area contributed by atoms with Gasteiger partial charge in [-0.1, -0.05) is 43.7 Å². The third-order valence-electron chi connectivity index (χ3n) is 5.60. The molecule has 0 saturated carbocycles. The molecule has 0 spiro atoms. The summed E-state index contributed by atoms with van der Waals surface area (Å²) in [4.78, 5) is 26.0. The van der Waals surface area contributed by atoms with Crippen LogP contribution in [0.2, 0.25) is 0 Å². The highest BCUT2D eigenvalue weighted by molar-refractivity contribution is 5.95. The normalized spacial score (nSPS) is 10.8. The molecular formula is C25H29N3O3. The minimum Gasteiger partial charge on any atom is -0.345 e. The quantitative estimate of drug-likeness (QED) is 0.339. The minimum absolute atomic E-state index is 0.0239. The van der Waals surface area contributed by atoms with E-state index in [0.29, 0.717) is 24.2 Å². The van der Waals surface area contributed by atoms with E-state index in [0.717, 1.165) is 25.1 Å². The van der Waals surface area contributed by atoms with E-state index in [1.165, 1.54) is 17.2 Å². The fourth-order valence-corrected chi connectivity index (χ4v) is 3.64. The molecule has 0 atom stereocenters. The smallest absolute Gasteiger partial charge is 0.273 e. The molecule has 6 heteroatoms. The number of hydrogen-bond acceptors (Lipinski definition) is 3. The molecule has 1 heterocycles. The Morgan fingerprint density at radius 1 is 1.06 bits per heavy atom. The van der Waals surface area contributed by atoms with E-state index >= 15 is 0 Å². The number of rotatable bonds is 9. The first-order valence-electron chi connectivity index (χ1n) is 10.6. The molecule has 162 valence electrons. The Labute approximate surface area is 183 Å². The maximum Gasteiger partial charge on any atom is 0.273 e. The molecule has 0 N–H and O–H groups in total. The number of amides is 1. The Bertz CT molecular complexity index is 1070. The monoisotopic (exact) mass is 419 g/mol. The number of carbonyl (C=O) groups is 1. The van der Waals surface area contributed by atoms with Crippen molar-refractivity contribution < 1.29 is 9.72 Å². The second-order valence-corrected chi connectivity index (χ2v) is 7.89. The van der Waals surface area contributed by atoms with Crippen molar-refractivity contribution in [3.63, 3.8) is 0 Å². The number of aromatic nitrogens is 1. The average molecular weight is 420 g/mol. The van der Waals surface area contributed by atoms with Crippen molar-refractivity contribution >= 4 is 11.6 Å². The van der Waals surface area contributed by atoms with Gasteiger partial charge in [-0.3, -0.25) is 14.9 Å². The van der Waals surface area contributed by atoms with Crippen LogP contribution in [-0.4, -0.2) is 26.8 Å². The van der Waals surface area contributed by atoms with Crippen LogP contribution >= 0.6 is 0 Å². The fraction of sp³-hybridized carbons (Fsp3) is 0.320. The first-order chi connectivity index (χ1) is 14.9. The third kappa shape index (κ3) is 5.40. The molecular weight excluding hydrogens is 390 g/mol. The molecule has 0 fully saturated rings. The van der Waals surface area contributed by atoms with Gasteiger partial charge < -0.3 is 9.47 Å². The first kappa shape index (κ1) is 22.3. The van der Waals surface area contributed by atoms with E-state index in [4.69, 9.17) is 0 Å². The molecule has 1 aromatic heterocycles. The molecule has 1 amide bonds. The van der Waals surface area contributed by atoms with Gasteiger partial charge in [-0.25, -0.2) is 0 Å². The summed E-state index contributed by atoms with van der Waals surface area (Å²) in [5.41, 5.74) is 4.38. The summed E-state index contributed by atoms with van der Waals surface area (Å²) in [6.07, 6.45) is 3.86. The Balaban J connectivity index is 1.85. The fourth-order valence-electron chi connectivity index (χ4n) is 3.64. The predicted octanol–water partition coefficient (Wildman–Crippen LogP) is 5.50. The maximum atomic E-state index is 13.3. The molecule has 3 rings (SSSR count). The second kappa shape index (κ2) is 10.1. The van der Waals surface area contributed by atoms with Crippen LogP contribution < -0.4 is 0 Å². The maximum absolute atomic E-state index is 13.3. The lowest BCUT2D eigenvalue weighted by molar-refractivity contribution is -0.385. The van der Waals surface area contributed by atoms with Gasteiger partial charge in [0, 0.05) is 42.2 Å². The zero-order chi connectivity index (χ0) is 22.4. The van der Waals surface area contributed by atoms with Gasteiger partial charge in [-0.2, -0.15) is 0 Å². The summed E-state index contributed by atoms with van der Waals surface area (Å²) in [5, 5.41) is 11.3. The Morgan fingerprint density at radius 2 is 1.84 bits per heavy atom. The lowest BCUT2D eigenvalue weighted by Crippen LogP contribution is -2.32. The number of hydrogen-bond donors (Lipinski definition) is 0. The van der Waals surface area contributed by atoms with Gasteiger partial charge in [0.25, 0.3) is 11.6 Å². The van der Waals surface area contributed by atoms with Crippen molar-refractivity contribution in [3.8, 4) is 0 Å². The standard InChI is InChI=1S/C25H29N3O3/c1-4-5-14-27(25(29)21-13-12-20(3)24(16-21)28(30)31)18-23-11-8-15-26(23)17-22-10-7-6-9-19(22)2/h6-13,15-16H,4-5,14,17-18H2,1-3H3. The third-order valence-corrected chi connectivity index (χ3v) is 5.60. The van der Waals surface area contributed by atoms with Crippen LogP contribution in [0.1, 0.15) is 52.5 Å². The van der Waals surface area contributed by atoms with Gasteiger partial charge in [-0.05, 0) is 49.6 Å². The molecule has 0 saturated heterocycles. The van der Waals surface area contributed by atoms with Gasteiger partial charge >= 0.3 is 0 Å². The lowest BCUT2D eigenvalue weighted by Gasteiger charge is -2.24. The number of carbonyl (C=O) groups excluding carboxylic acids is 1. The van der Waals surface area contributed by atoms with E-state index < -0.39 is 4.92 Å². The van der Waals surface area contributed by atoms with Gasteiger partial charge in [0.15, 0.2) is 0 Å². The van der Waals surface area contributed by atoms with Crippen molar-refractivity contribution in [2.75, 3.05) is 6.54 Å². The van der Waals surface area contributed by atoms with Crippen LogP contribution in [0.5, 0.6) is 0 Å². The molecule has 31 heavy (non-hydrogen) atoms. The zero-order valence-electron chi connectivity index (χ0n) is 18.4. The molecule has 2 aromatic carbocycles. The number of aryl methyl sites for hydroxylation is 2. The molecule has 0 radical (unpaired) electrons. The van der Waals surface area contributed by atoms with E-state index in [1.807, 2.05) is 30.5 Å². The summed E-state index contributed by atoms with van der Waals surface area (Å²) in [5.74, 6) is -0.180. The molecule has 3 aromatic rings. The van der Waals surface area contributed by atoms with Crippen LogP contribution in [0.3, 0.4) is 0 Å². The largest absolute Gasteiger partial charge is 0.345 e. The van der Waals surface area contributed by atoms with Gasteiger partial charge in [0.1, 0.15) is 0 Å². The Kier molecular flexibility index (Phi) is 7.23. The second-order valence-electron chi connectivity index (χ2n) is 7.89. The highest BCUT2D eigenvalue weighted by Gasteiger charge is 2.21. The average Bonchev–Trinajstić information content (AvgIpc) is 3.19. The van der Waals surface area contributed by atoms with Crippen molar-refractivity contribution in [3.05, 3.63) is 98.9 Å². The first-order valence-corrected chi connectivity index (χ1v) is 10.6. The summed E-state index contributed by atoms with van der Waals surface area (Å²) >= 11 is 0. The van der Waals surface area contributed by atoms with Crippen LogP contribution in [0, 0.1) is 24.0 Å². The van der Waals surface area contributed by atoms with Gasteiger partial charge in [0.05, 0.1) is 11.5 Å². The number of nitro groups is 1. The van der Waals surface area contributed by atoms with Crippen molar-refractivity contribution in [2.45, 2.75) is 46.7 Å². The summed E-state index contributed by atoms with van der Waals surface area (Å²) in [7, 11) is 0. The number of benzene rings is 2. The van der Waals surface area contributed by atoms with E-state index in [2.05, 4.69) is 30.5 Å². The van der Waals surface area contributed by atoms with Gasteiger partial charge in [0.2, 0.25) is 0 Å². The zero-order valence-corrected chi connectivity index (χ0v) is 18.4.